The number of hydrogen-bond acceptors (Lipinski definition) is 2. The van der Waals surface area contributed by atoms with Gasteiger partial charge >= 0.3 is 0 Å². The average molecular weight is 278 g/mol. The van der Waals surface area contributed by atoms with Crippen LogP contribution in [0.15, 0.2) is 18.2 Å². The van der Waals surface area contributed by atoms with Crippen LogP contribution in [0, 0.1) is 6.92 Å². The normalized spacial score (nSPS) is 12.7. The molecule has 0 radical (unpaired) electrons. The summed E-state index contributed by atoms with van der Waals surface area (Å²) in [5.41, 5.74) is 2.36. The maximum atomic E-state index is 9.60. The zero-order valence-corrected chi connectivity index (χ0v) is 13.2. The molecule has 0 spiro atoms. The van der Waals surface area contributed by atoms with Crippen LogP contribution in [0.5, 0.6) is 5.75 Å². The highest BCUT2D eigenvalue weighted by Gasteiger charge is 2.01. The summed E-state index contributed by atoms with van der Waals surface area (Å²) in [5.74, 6) is 0.436. The van der Waals surface area contributed by atoms with E-state index < -0.39 is 0 Å². The highest BCUT2D eigenvalue weighted by atomic mass is 16.6. The van der Waals surface area contributed by atoms with Gasteiger partial charge in [-0.05, 0) is 37.0 Å². The van der Waals surface area contributed by atoms with E-state index in [1.807, 2.05) is 13.0 Å². The smallest absolute Gasteiger partial charge is 0.118 e. The van der Waals surface area contributed by atoms with Crippen molar-refractivity contribution in [3.05, 3.63) is 29.3 Å². The standard InChI is InChI=1S/C16H26O.C2H4O/c1-3-4-5-6-7-8-9-11-15-12-10-13-16(17)14(15)2;1-2-3-1/h10,12-13,17H,3-9,11H2,1-2H3;1-2H2. The van der Waals surface area contributed by atoms with Gasteiger partial charge < -0.3 is 9.84 Å². The van der Waals surface area contributed by atoms with Crippen molar-refractivity contribution >= 4 is 0 Å². The lowest BCUT2D eigenvalue weighted by Gasteiger charge is -2.07. The minimum atomic E-state index is 0.436. The largest absolute Gasteiger partial charge is 0.508 e. The molecule has 2 nitrogen and oxygen atoms in total. The molecule has 114 valence electrons. The van der Waals surface area contributed by atoms with Crippen molar-refractivity contribution in [2.45, 2.75) is 65.2 Å². The molecule has 1 aliphatic rings. The van der Waals surface area contributed by atoms with Crippen LogP contribution in [-0.4, -0.2) is 18.3 Å². The molecule has 1 saturated heterocycles. The van der Waals surface area contributed by atoms with Crippen molar-refractivity contribution in [3.8, 4) is 5.75 Å². The molecule has 1 aliphatic heterocycles. The second kappa shape index (κ2) is 10.7. The maximum absolute atomic E-state index is 9.60. The Balaban J connectivity index is 0.000000584. The molecule has 20 heavy (non-hydrogen) atoms. The number of epoxide rings is 1. The van der Waals surface area contributed by atoms with Crippen molar-refractivity contribution < 1.29 is 9.84 Å². The molecule has 0 amide bonds. The Bertz CT molecular complexity index is 356. The van der Waals surface area contributed by atoms with Gasteiger partial charge in [0.25, 0.3) is 0 Å². The van der Waals surface area contributed by atoms with Gasteiger partial charge in [0.05, 0.1) is 13.2 Å². The van der Waals surface area contributed by atoms with Gasteiger partial charge in [-0.3, -0.25) is 0 Å². The van der Waals surface area contributed by atoms with E-state index in [4.69, 9.17) is 0 Å². The molecular weight excluding hydrogens is 248 g/mol. The van der Waals surface area contributed by atoms with Crippen LogP contribution < -0.4 is 0 Å². The molecule has 2 rings (SSSR count). The summed E-state index contributed by atoms with van der Waals surface area (Å²) >= 11 is 0. The van der Waals surface area contributed by atoms with E-state index in [9.17, 15) is 5.11 Å². The number of aryl methyl sites for hydroxylation is 1. The van der Waals surface area contributed by atoms with Crippen molar-refractivity contribution in [1.29, 1.82) is 0 Å². The molecule has 0 aromatic heterocycles. The number of ether oxygens (including phenoxy) is 1. The predicted octanol–water partition coefficient (Wildman–Crippen LogP) is 5.01. The lowest BCUT2D eigenvalue weighted by atomic mass is 10.0. The summed E-state index contributed by atoms with van der Waals surface area (Å²) in [7, 11) is 0. The van der Waals surface area contributed by atoms with E-state index in [1.54, 1.807) is 6.07 Å². The van der Waals surface area contributed by atoms with Gasteiger partial charge in [0, 0.05) is 0 Å². The third-order valence-electron chi connectivity index (χ3n) is 3.67. The van der Waals surface area contributed by atoms with Crippen LogP contribution in [0.2, 0.25) is 0 Å². The van der Waals surface area contributed by atoms with Crippen molar-refractivity contribution in [1.82, 2.24) is 0 Å². The highest BCUT2D eigenvalue weighted by Crippen LogP contribution is 2.21. The van der Waals surface area contributed by atoms with Gasteiger partial charge in [0.15, 0.2) is 0 Å². The minimum absolute atomic E-state index is 0.436. The summed E-state index contributed by atoms with van der Waals surface area (Å²) in [5, 5.41) is 9.60. The van der Waals surface area contributed by atoms with Gasteiger partial charge in [-0.1, -0.05) is 57.6 Å². The first-order valence-electron chi connectivity index (χ1n) is 8.11. The molecule has 1 N–H and O–H groups in total. The van der Waals surface area contributed by atoms with E-state index in [1.165, 1.54) is 50.5 Å². The van der Waals surface area contributed by atoms with Gasteiger partial charge in [-0.2, -0.15) is 0 Å². The first-order valence-corrected chi connectivity index (χ1v) is 8.11. The Morgan fingerprint density at radius 2 is 1.60 bits per heavy atom. The zero-order chi connectivity index (χ0) is 14.6. The fourth-order valence-electron chi connectivity index (χ4n) is 2.21. The number of phenols is 1. The van der Waals surface area contributed by atoms with E-state index >= 15 is 0 Å². The van der Waals surface area contributed by atoms with E-state index in [-0.39, 0.29) is 0 Å². The van der Waals surface area contributed by atoms with Crippen molar-refractivity contribution in [2.24, 2.45) is 0 Å². The monoisotopic (exact) mass is 278 g/mol. The molecule has 1 heterocycles. The number of benzene rings is 1. The number of unbranched alkanes of at least 4 members (excludes halogenated alkanes) is 6. The first kappa shape index (κ1) is 17.0. The second-order valence-corrected chi connectivity index (χ2v) is 5.54. The summed E-state index contributed by atoms with van der Waals surface area (Å²) < 4.78 is 4.50. The Hall–Kier alpha value is -1.02. The highest BCUT2D eigenvalue weighted by molar-refractivity contribution is 5.37. The fraction of sp³-hybridized carbons (Fsp3) is 0.667. The van der Waals surface area contributed by atoms with E-state index in [0.29, 0.717) is 5.75 Å². The van der Waals surface area contributed by atoms with E-state index in [2.05, 4.69) is 17.7 Å². The molecule has 0 bridgehead atoms. The predicted molar refractivity (Wildman–Crippen MR) is 85.4 cm³/mol. The third-order valence-corrected chi connectivity index (χ3v) is 3.67. The Kier molecular flexibility index (Phi) is 9.14. The Morgan fingerprint density at radius 1 is 1.00 bits per heavy atom. The average Bonchev–Trinajstić information content (AvgIpc) is 3.31. The summed E-state index contributed by atoms with van der Waals surface area (Å²) in [6, 6.07) is 5.84. The summed E-state index contributed by atoms with van der Waals surface area (Å²) in [4.78, 5) is 0. The number of hydrogen-bond donors (Lipinski definition) is 1. The van der Waals surface area contributed by atoms with Crippen molar-refractivity contribution in [3.63, 3.8) is 0 Å². The van der Waals surface area contributed by atoms with Crippen LogP contribution >= 0.6 is 0 Å². The molecule has 0 saturated carbocycles. The maximum Gasteiger partial charge on any atom is 0.118 e. The van der Waals surface area contributed by atoms with Gasteiger partial charge in [-0.15, -0.1) is 0 Å². The Morgan fingerprint density at radius 3 is 2.20 bits per heavy atom. The topological polar surface area (TPSA) is 32.8 Å². The minimum Gasteiger partial charge on any atom is -0.508 e. The number of aromatic hydroxyl groups is 1. The van der Waals surface area contributed by atoms with Crippen LogP contribution in [0.3, 0.4) is 0 Å². The molecule has 0 unspecified atom stereocenters. The molecule has 2 heteroatoms. The fourth-order valence-corrected chi connectivity index (χ4v) is 2.21. The molecule has 0 atom stereocenters. The lowest BCUT2D eigenvalue weighted by molar-refractivity contribution is 0.469. The SMILES string of the molecule is C1CO1.CCCCCCCCCc1cccc(O)c1C. The van der Waals surface area contributed by atoms with E-state index in [0.717, 1.165) is 25.2 Å². The summed E-state index contributed by atoms with van der Waals surface area (Å²) in [6.45, 7) is 6.26. The molecule has 0 aliphatic carbocycles. The van der Waals surface area contributed by atoms with Crippen LogP contribution in [0.1, 0.15) is 63.0 Å². The molecule has 1 fully saturated rings. The number of rotatable bonds is 8. The third kappa shape index (κ3) is 8.21. The molecular formula is C18H30O2. The van der Waals surface area contributed by atoms with Gasteiger partial charge in [0.2, 0.25) is 0 Å². The first-order chi connectivity index (χ1) is 9.75. The van der Waals surface area contributed by atoms with Crippen LogP contribution in [0.4, 0.5) is 0 Å². The van der Waals surface area contributed by atoms with Crippen LogP contribution in [0.25, 0.3) is 0 Å². The van der Waals surface area contributed by atoms with Crippen molar-refractivity contribution in [2.75, 3.05) is 13.2 Å². The van der Waals surface area contributed by atoms with Gasteiger partial charge in [-0.25, -0.2) is 0 Å². The quantitative estimate of drug-likeness (QED) is 0.535. The van der Waals surface area contributed by atoms with Crippen LogP contribution in [-0.2, 0) is 11.2 Å². The van der Waals surface area contributed by atoms with Gasteiger partial charge in [0.1, 0.15) is 5.75 Å². The number of phenolic OH excluding ortho intramolecular Hbond substituents is 1. The molecule has 1 aromatic rings. The second-order valence-electron chi connectivity index (χ2n) is 5.54. The molecule has 1 aromatic carbocycles. The Labute approximate surface area is 124 Å². The lowest BCUT2D eigenvalue weighted by Crippen LogP contribution is -1.90. The summed E-state index contributed by atoms with van der Waals surface area (Å²) in [6.07, 6.45) is 10.5. The zero-order valence-electron chi connectivity index (χ0n) is 13.2.